The van der Waals surface area contributed by atoms with Crippen molar-refractivity contribution < 1.29 is 27.8 Å². The highest BCUT2D eigenvalue weighted by atomic mass is 19.1. The van der Waals surface area contributed by atoms with Crippen LogP contribution in [0.1, 0.15) is 28.7 Å². The number of benzene rings is 1. The first-order chi connectivity index (χ1) is 20.9. The minimum Gasteiger partial charge on any atom is -0.467 e. The van der Waals surface area contributed by atoms with Crippen molar-refractivity contribution in [2.45, 2.75) is 32.4 Å². The lowest BCUT2D eigenvalue weighted by Crippen LogP contribution is -2.44. The molecule has 1 saturated heterocycles. The summed E-state index contributed by atoms with van der Waals surface area (Å²) < 4.78 is 44.6. The van der Waals surface area contributed by atoms with Crippen molar-refractivity contribution in [3.05, 3.63) is 86.1 Å². The number of anilines is 1. The summed E-state index contributed by atoms with van der Waals surface area (Å²) in [6.07, 6.45) is 2.97. The van der Waals surface area contributed by atoms with Gasteiger partial charge in [0.2, 0.25) is 0 Å². The van der Waals surface area contributed by atoms with Gasteiger partial charge in [-0.05, 0) is 38.1 Å². The van der Waals surface area contributed by atoms with Gasteiger partial charge < -0.3 is 28.7 Å². The molecule has 0 bridgehead atoms. The number of aromatic nitrogens is 4. The molecular weight excluding hydrogens is 578 g/mol. The predicted molar refractivity (Wildman–Crippen MR) is 157 cm³/mol. The van der Waals surface area contributed by atoms with Gasteiger partial charge in [-0.3, -0.25) is 14.2 Å². The zero-order valence-electron chi connectivity index (χ0n) is 24.9. The van der Waals surface area contributed by atoms with Gasteiger partial charge in [-0.2, -0.15) is 0 Å². The maximum absolute atomic E-state index is 15.2. The highest BCUT2D eigenvalue weighted by molar-refractivity contribution is 5.97. The van der Waals surface area contributed by atoms with Crippen molar-refractivity contribution in [3.63, 3.8) is 0 Å². The van der Waals surface area contributed by atoms with E-state index in [1.54, 1.807) is 41.6 Å². The molecule has 1 aliphatic heterocycles. The number of rotatable bonds is 7. The molecule has 5 rings (SSSR count). The van der Waals surface area contributed by atoms with Gasteiger partial charge in [0.15, 0.2) is 0 Å². The van der Waals surface area contributed by atoms with Crippen molar-refractivity contribution in [3.8, 4) is 11.1 Å². The average molecular weight is 611 g/mol. The molecule has 0 radical (unpaired) electrons. The van der Waals surface area contributed by atoms with E-state index < -0.39 is 46.4 Å². The second-order valence-electron chi connectivity index (χ2n) is 10.7. The standard InChI is InChI=1S/C30H32F2N6O6/c1-16-15-44-11-10-37(16)19-12-21(31)25(22(32)13-19)27(39)34-23(29(41)43-5)14-18-6-7-20(26-33-8-9-38(18)26)24-17(2)35(3)30(42)36(4)28(24)40/h6-9,12-13,16,23H,10-11,14-15H2,1-5H3,(H,34,39)/t16-,23+/m1/s1. The Labute approximate surface area is 250 Å². The molecule has 14 heteroatoms. The molecular formula is C30H32F2N6O6. The fourth-order valence-corrected chi connectivity index (χ4v) is 5.51. The van der Waals surface area contributed by atoms with Crippen molar-refractivity contribution >= 4 is 23.2 Å². The van der Waals surface area contributed by atoms with Crippen LogP contribution in [0, 0.1) is 18.6 Å². The summed E-state index contributed by atoms with van der Waals surface area (Å²) >= 11 is 0. The number of halogens is 2. The molecule has 1 aliphatic rings. The highest BCUT2D eigenvalue weighted by Gasteiger charge is 2.29. The highest BCUT2D eigenvalue weighted by Crippen LogP contribution is 2.27. The quantitative estimate of drug-likeness (QED) is 0.314. The van der Waals surface area contributed by atoms with Gasteiger partial charge in [0.05, 0.1) is 25.9 Å². The molecule has 4 heterocycles. The summed E-state index contributed by atoms with van der Waals surface area (Å²) in [6.45, 7) is 4.76. The lowest BCUT2D eigenvalue weighted by atomic mass is 10.0. The molecule has 1 aromatic carbocycles. The van der Waals surface area contributed by atoms with Crippen molar-refractivity contribution in [1.82, 2.24) is 23.8 Å². The molecule has 12 nitrogen and oxygen atoms in total. The Balaban J connectivity index is 1.47. The molecule has 0 unspecified atom stereocenters. The molecule has 0 saturated carbocycles. The first-order valence-electron chi connectivity index (χ1n) is 13.9. The van der Waals surface area contributed by atoms with Crippen LogP contribution in [0.5, 0.6) is 0 Å². The minimum absolute atomic E-state index is 0.113. The van der Waals surface area contributed by atoms with Crippen LogP contribution in [0.4, 0.5) is 14.5 Å². The summed E-state index contributed by atoms with van der Waals surface area (Å²) in [5, 5.41) is 2.41. The number of morpholine rings is 1. The van der Waals surface area contributed by atoms with Crippen LogP contribution in [0.2, 0.25) is 0 Å². The lowest BCUT2D eigenvalue weighted by molar-refractivity contribution is -0.142. The summed E-state index contributed by atoms with van der Waals surface area (Å²) in [5.74, 6) is -4.11. The molecule has 232 valence electrons. The Morgan fingerprint density at radius 3 is 2.52 bits per heavy atom. The number of methoxy groups -OCH3 is 1. The fraction of sp³-hybridized carbons (Fsp3) is 0.367. The van der Waals surface area contributed by atoms with Gasteiger partial charge in [-0.25, -0.2) is 23.4 Å². The molecule has 44 heavy (non-hydrogen) atoms. The Bertz CT molecular complexity index is 1870. The van der Waals surface area contributed by atoms with E-state index in [0.717, 1.165) is 23.8 Å². The third-order valence-corrected chi connectivity index (χ3v) is 8.02. The Kier molecular flexibility index (Phi) is 8.37. The molecule has 0 spiro atoms. The minimum atomic E-state index is -1.33. The molecule has 0 aliphatic carbocycles. The summed E-state index contributed by atoms with van der Waals surface area (Å²) in [5.41, 5.74) is 0.489. The van der Waals surface area contributed by atoms with E-state index in [-0.39, 0.29) is 23.7 Å². The monoisotopic (exact) mass is 610 g/mol. The zero-order valence-corrected chi connectivity index (χ0v) is 24.9. The third kappa shape index (κ3) is 5.36. The molecule has 1 N–H and O–H groups in total. The second-order valence-corrected chi connectivity index (χ2v) is 10.7. The Hall–Kier alpha value is -4.85. The number of nitrogens with one attached hydrogen (secondary N) is 1. The molecule has 2 atom stereocenters. The van der Waals surface area contributed by atoms with Gasteiger partial charge in [0.25, 0.3) is 11.5 Å². The molecule has 1 amide bonds. The summed E-state index contributed by atoms with van der Waals surface area (Å²) in [4.78, 5) is 57.6. The number of fused-ring (bicyclic) bond motifs is 1. The zero-order chi connectivity index (χ0) is 31.9. The van der Waals surface area contributed by atoms with Crippen LogP contribution in [0.3, 0.4) is 0 Å². The van der Waals surface area contributed by atoms with Gasteiger partial charge in [0.1, 0.15) is 28.9 Å². The average Bonchev–Trinajstić information content (AvgIpc) is 3.50. The summed E-state index contributed by atoms with van der Waals surface area (Å²) in [6, 6.07) is 4.01. The van der Waals surface area contributed by atoms with E-state index in [4.69, 9.17) is 9.47 Å². The van der Waals surface area contributed by atoms with Crippen LogP contribution < -0.4 is 21.5 Å². The Morgan fingerprint density at radius 1 is 1.16 bits per heavy atom. The molecule has 3 aromatic heterocycles. The van der Waals surface area contributed by atoms with Gasteiger partial charge in [0, 0.05) is 68.1 Å². The maximum Gasteiger partial charge on any atom is 0.330 e. The van der Waals surface area contributed by atoms with Crippen LogP contribution in [-0.4, -0.2) is 69.3 Å². The number of nitrogens with zero attached hydrogens (tertiary/aromatic N) is 5. The Morgan fingerprint density at radius 2 is 1.86 bits per heavy atom. The second kappa shape index (κ2) is 12.0. The number of carbonyl (C=O) groups is 2. The van der Waals surface area contributed by atoms with Gasteiger partial charge in [-0.15, -0.1) is 0 Å². The normalized spacial score (nSPS) is 15.8. The van der Waals surface area contributed by atoms with Crippen molar-refractivity contribution in [2.24, 2.45) is 14.1 Å². The largest absolute Gasteiger partial charge is 0.467 e. The smallest absolute Gasteiger partial charge is 0.330 e. The van der Waals surface area contributed by atoms with Crippen LogP contribution in [0.15, 0.2) is 46.2 Å². The van der Waals surface area contributed by atoms with E-state index >= 15 is 8.78 Å². The van der Waals surface area contributed by atoms with E-state index in [2.05, 4.69) is 10.3 Å². The molecule has 4 aromatic rings. The number of imidazole rings is 1. The van der Waals surface area contributed by atoms with Crippen LogP contribution in [0.25, 0.3) is 16.8 Å². The van der Waals surface area contributed by atoms with E-state index in [9.17, 15) is 19.2 Å². The number of hydrogen-bond donors (Lipinski definition) is 1. The number of esters is 1. The predicted octanol–water partition coefficient (Wildman–Crippen LogP) is 1.72. The number of ether oxygens (including phenoxy) is 2. The lowest BCUT2D eigenvalue weighted by Gasteiger charge is -2.35. The molecule has 1 fully saturated rings. The first-order valence-corrected chi connectivity index (χ1v) is 13.9. The van der Waals surface area contributed by atoms with Crippen molar-refractivity contribution in [1.29, 1.82) is 0 Å². The SMILES string of the molecule is COC(=O)[C@H](Cc1ccc(-c2c(C)n(C)c(=O)n(C)c2=O)c2nccn12)NC(=O)c1c(F)cc(N2CCOC[C@H]2C)cc1F. The number of hydrogen-bond acceptors (Lipinski definition) is 8. The number of carbonyl (C=O) groups excluding carboxylic acids is 2. The maximum atomic E-state index is 15.2. The van der Waals surface area contributed by atoms with E-state index in [1.165, 1.54) is 17.8 Å². The van der Waals surface area contributed by atoms with Gasteiger partial charge >= 0.3 is 11.7 Å². The van der Waals surface area contributed by atoms with Crippen molar-refractivity contribution in [2.75, 3.05) is 31.8 Å². The summed E-state index contributed by atoms with van der Waals surface area (Å²) in [7, 11) is 4.08. The number of amides is 1. The van der Waals surface area contributed by atoms with E-state index in [1.807, 2.05) is 6.92 Å². The van der Waals surface area contributed by atoms with Gasteiger partial charge in [-0.1, -0.05) is 0 Å². The topological polar surface area (TPSA) is 129 Å². The first kappa shape index (κ1) is 30.6. The van der Waals surface area contributed by atoms with E-state index in [0.29, 0.717) is 42.4 Å². The van der Waals surface area contributed by atoms with Crippen LogP contribution >= 0.6 is 0 Å². The fourth-order valence-electron chi connectivity index (χ4n) is 5.51. The number of pyridine rings is 1. The third-order valence-electron chi connectivity index (χ3n) is 8.02. The van der Waals surface area contributed by atoms with Crippen LogP contribution in [-0.2, 0) is 34.8 Å².